The molecule has 1 fully saturated rings. The van der Waals surface area contributed by atoms with Crippen LogP contribution in [0, 0.1) is 5.92 Å². The first-order valence-corrected chi connectivity index (χ1v) is 7.70. The van der Waals surface area contributed by atoms with Crippen molar-refractivity contribution in [1.82, 2.24) is 20.0 Å². The van der Waals surface area contributed by atoms with Crippen LogP contribution < -0.4 is 10.1 Å². The Morgan fingerprint density at radius 1 is 1.12 bits per heavy atom. The number of anilines is 1. The number of carbonyl (C=O) groups excluding carboxylic acids is 1. The smallest absolute Gasteiger partial charge is 0.238 e. The third kappa shape index (κ3) is 3.24. The monoisotopic (exact) mass is 321 g/mol. The highest BCUT2D eigenvalue weighted by atomic mass is 16.5. The third-order valence-corrected chi connectivity index (χ3v) is 3.66. The topological polar surface area (TPSA) is 81.9 Å². The third-order valence-electron chi connectivity index (χ3n) is 3.66. The Morgan fingerprint density at radius 3 is 2.58 bits per heavy atom. The molecular formula is C17H15N5O2. The SMILES string of the molecule is O=C(Nc1ccc(Oc2ccc(-n3cccn3)nn2)cc1)C1CC1. The van der Waals surface area contributed by atoms with E-state index < -0.39 is 0 Å². The number of carbonyl (C=O) groups is 1. The summed E-state index contributed by atoms with van der Waals surface area (Å²) in [6, 6.07) is 12.5. The number of nitrogens with zero attached hydrogens (tertiary/aromatic N) is 4. The standard InChI is InChI=1S/C17H15N5O2/c23-17(12-2-3-12)19-13-4-6-14(7-5-13)24-16-9-8-15(20-21-16)22-11-1-10-18-22/h1,4-12H,2-3H2,(H,19,23). The summed E-state index contributed by atoms with van der Waals surface area (Å²) in [5.41, 5.74) is 0.763. The summed E-state index contributed by atoms with van der Waals surface area (Å²) in [6.07, 6.45) is 5.44. The van der Waals surface area contributed by atoms with Gasteiger partial charge in [0.05, 0.1) is 0 Å². The molecule has 24 heavy (non-hydrogen) atoms. The number of ether oxygens (including phenoxy) is 1. The molecule has 0 saturated heterocycles. The van der Waals surface area contributed by atoms with Crippen molar-refractivity contribution in [2.75, 3.05) is 5.32 Å². The predicted octanol–water partition coefficient (Wildman–Crippen LogP) is 2.80. The molecule has 0 atom stereocenters. The van der Waals surface area contributed by atoms with Crippen LogP contribution in [0.5, 0.6) is 11.6 Å². The summed E-state index contributed by atoms with van der Waals surface area (Å²) >= 11 is 0. The predicted molar refractivity (Wildman–Crippen MR) is 87.0 cm³/mol. The molecule has 7 nitrogen and oxygen atoms in total. The van der Waals surface area contributed by atoms with Gasteiger partial charge in [0.15, 0.2) is 5.82 Å². The molecule has 0 radical (unpaired) electrons. The Morgan fingerprint density at radius 2 is 1.96 bits per heavy atom. The van der Waals surface area contributed by atoms with Gasteiger partial charge in [0, 0.05) is 30.1 Å². The minimum Gasteiger partial charge on any atom is -0.438 e. The first kappa shape index (κ1) is 14.4. The summed E-state index contributed by atoms with van der Waals surface area (Å²) in [7, 11) is 0. The Hall–Kier alpha value is -3.22. The Kier molecular flexibility index (Phi) is 3.66. The number of aromatic nitrogens is 4. The highest BCUT2D eigenvalue weighted by Gasteiger charge is 2.29. The number of hydrogen-bond donors (Lipinski definition) is 1. The molecule has 1 saturated carbocycles. The van der Waals surface area contributed by atoms with Gasteiger partial charge in [0.25, 0.3) is 0 Å². The summed E-state index contributed by atoms with van der Waals surface area (Å²) < 4.78 is 7.27. The second kappa shape index (κ2) is 6.11. The van der Waals surface area contributed by atoms with Crippen LogP contribution in [0.1, 0.15) is 12.8 Å². The lowest BCUT2D eigenvalue weighted by atomic mass is 10.3. The number of amides is 1. The van der Waals surface area contributed by atoms with Crippen molar-refractivity contribution >= 4 is 11.6 Å². The highest BCUT2D eigenvalue weighted by Crippen LogP contribution is 2.30. The molecule has 2 heterocycles. The van der Waals surface area contributed by atoms with Gasteiger partial charge in [-0.3, -0.25) is 4.79 Å². The molecule has 120 valence electrons. The number of nitrogens with one attached hydrogen (secondary N) is 1. The lowest BCUT2D eigenvalue weighted by Crippen LogP contribution is -2.12. The van der Waals surface area contributed by atoms with Crippen LogP contribution in [0.2, 0.25) is 0 Å². The van der Waals surface area contributed by atoms with E-state index in [0.717, 1.165) is 18.5 Å². The molecular weight excluding hydrogens is 306 g/mol. The van der Waals surface area contributed by atoms with Crippen molar-refractivity contribution in [3.63, 3.8) is 0 Å². The van der Waals surface area contributed by atoms with Gasteiger partial charge in [-0.25, -0.2) is 4.68 Å². The van der Waals surface area contributed by atoms with E-state index in [1.807, 2.05) is 6.07 Å². The minimum atomic E-state index is 0.0868. The van der Waals surface area contributed by atoms with Gasteiger partial charge in [-0.05, 0) is 49.2 Å². The van der Waals surface area contributed by atoms with E-state index in [4.69, 9.17) is 4.74 Å². The molecule has 3 aromatic rings. The van der Waals surface area contributed by atoms with Crippen molar-refractivity contribution in [2.24, 2.45) is 5.92 Å². The van der Waals surface area contributed by atoms with E-state index >= 15 is 0 Å². The maximum atomic E-state index is 11.7. The fourth-order valence-electron chi connectivity index (χ4n) is 2.21. The summed E-state index contributed by atoms with van der Waals surface area (Å²) in [6.45, 7) is 0. The fourth-order valence-corrected chi connectivity index (χ4v) is 2.21. The average Bonchev–Trinajstić information content (AvgIpc) is 3.32. The molecule has 1 aliphatic rings. The first-order valence-electron chi connectivity index (χ1n) is 7.70. The van der Waals surface area contributed by atoms with Crippen LogP contribution in [0.4, 0.5) is 5.69 Å². The second-order valence-electron chi connectivity index (χ2n) is 5.57. The van der Waals surface area contributed by atoms with Crippen molar-refractivity contribution in [3.05, 3.63) is 54.9 Å². The van der Waals surface area contributed by atoms with Crippen LogP contribution in [0.15, 0.2) is 54.9 Å². The van der Waals surface area contributed by atoms with E-state index in [9.17, 15) is 4.79 Å². The molecule has 0 bridgehead atoms. The normalized spacial score (nSPS) is 13.5. The summed E-state index contributed by atoms with van der Waals surface area (Å²) in [5, 5.41) is 15.1. The first-order chi connectivity index (χ1) is 11.8. The second-order valence-corrected chi connectivity index (χ2v) is 5.57. The molecule has 0 spiro atoms. The van der Waals surface area contributed by atoms with Crippen molar-refractivity contribution < 1.29 is 9.53 Å². The van der Waals surface area contributed by atoms with Crippen LogP contribution in [-0.4, -0.2) is 25.9 Å². The maximum Gasteiger partial charge on any atom is 0.238 e. The average molecular weight is 321 g/mol. The fraction of sp³-hybridized carbons (Fsp3) is 0.176. The van der Waals surface area contributed by atoms with Crippen LogP contribution in [0.25, 0.3) is 5.82 Å². The molecule has 1 aliphatic carbocycles. The highest BCUT2D eigenvalue weighted by molar-refractivity contribution is 5.94. The van der Waals surface area contributed by atoms with Gasteiger partial charge in [-0.2, -0.15) is 5.10 Å². The van der Waals surface area contributed by atoms with E-state index in [-0.39, 0.29) is 11.8 Å². The van der Waals surface area contributed by atoms with E-state index in [2.05, 4.69) is 20.6 Å². The molecule has 4 rings (SSSR count). The van der Waals surface area contributed by atoms with Crippen molar-refractivity contribution in [1.29, 1.82) is 0 Å². The zero-order valence-electron chi connectivity index (χ0n) is 12.8. The van der Waals surface area contributed by atoms with Crippen LogP contribution >= 0.6 is 0 Å². The van der Waals surface area contributed by atoms with Gasteiger partial charge in [0.1, 0.15) is 5.75 Å². The molecule has 0 aliphatic heterocycles. The van der Waals surface area contributed by atoms with Crippen LogP contribution in [0.3, 0.4) is 0 Å². The lowest BCUT2D eigenvalue weighted by Gasteiger charge is -2.07. The Labute approximate surface area is 138 Å². The van der Waals surface area contributed by atoms with Gasteiger partial charge in [-0.1, -0.05) is 0 Å². The number of benzene rings is 1. The molecule has 2 aromatic heterocycles. The van der Waals surface area contributed by atoms with Crippen molar-refractivity contribution in [3.8, 4) is 17.4 Å². The minimum absolute atomic E-state index is 0.0868. The van der Waals surface area contributed by atoms with Gasteiger partial charge >= 0.3 is 0 Å². The lowest BCUT2D eigenvalue weighted by molar-refractivity contribution is -0.117. The maximum absolute atomic E-state index is 11.7. The van der Waals surface area contributed by atoms with Crippen LogP contribution in [-0.2, 0) is 4.79 Å². The molecule has 1 aromatic carbocycles. The summed E-state index contributed by atoms with van der Waals surface area (Å²) in [5.74, 6) is 1.90. The van der Waals surface area contributed by atoms with Crippen molar-refractivity contribution in [2.45, 2.75) is 12.8 Å². The molecule has 1 N–H and O–H groups in total. The molecule has 1 amide bonds. The van der Waals surface area contributed by atoms with Gasteiger partial charge in [0.2, 0.25) is 11.8 Å². The molecule has 7 heteroatoms. The zero-order chi connectivity index (χ0) is 16.4. The Bertz CT molecular complexity index is 824. The zero-order valence-corrected chi connectivity index (χ0v) is 12.8. The van der Waals surface area contributed by atoms with E-state index in [0.29, 0.717) is 17.4 Å². The summed E-state index contributed by atoms with van der Waals surface area (Å²) in [4.78, 5) is 11.7. The number of hydrogen-bond acceptors (Lipinski definition) is 5. The van der Waals surface area contributed by atoms with Gasteiger partial charge in [-0.15, -0.1) is 10.2 Å². The molecule has 0 unspecified atom stereocenters. The van der Waals surface area contributed by atoms with Gasteiger partial charge < -0.3 is 10.1 Å². The number of rotatable bonds is 5. The Balaban J connectivity index is 1.40. The quantitative estimate of drug-likeness (QED) is 0.781. The largest absolute Gasteiger partial charge is 0.438 e. The van der Waals surface area contributed by atoms with E-state index in [1.165, 1.54) is 0 Å². The van der Waals surface area contributed by atoms with E-state index in [1.54, 1.807) is 53.5 Å².